The smallest absolute Gasteiger partial charge is 0.307 e. The number of nitrogens with zero attached hydrogens (tertiary/aromatic N) is 1. The Morgan fingerprint density at radius 2 is 1.82 bits per heavy atom. The van der Waals surface area contributed by atoms with E-state index in [4.69, 9.17) is 4.42 Å². The minimum absolute atomic E-state index is 0.294. The van der Waals surface area contributed by atoms with Gasteiger partial charge in [-0.3, -0.25) is 4.79 Å². The first kappa shape index (κ1) is 14.1. The minimum atomic E-state index is -0.350. The molecule has 3 aromatic rings. The van der Waals surface area contributed by atoms with Crippen LogP contribution in [-0.4, -0.2) is 12.1 Å². The second-order valence-electron chi connectivity index (χ2n) is 5.16. The Hall–Kier alpha value is -2.88. The number of carbonyl (C=O) groups excluding carboxylic acids is 1. The van der Waals surface area contributed by atoms with Gasteiger partial charge in [0.1, 0.15) is 5.58 Å². The van der Waals surface area contributed by atoms with E-state index in [1.165, 1.54) is 5.56 Å². The van der Waals surface area contributed by atoms with Crippen molar-refractivity contribution in [1.82, 2.24) is 5.43 Å². The van der Waals surface area contributed by atoms with E-state index in [0.29, 0.717) is 11.3 Å². The number of benzene rings is 2. The number of amides is 1. The fourth-order valence-corrected chi connectivity index (χ4v) is 2.26. The highest BCUT2D eigenvalue weighted by Gasteiger charge is 2.16. The van der Waals surface area contributed by atoms with Gasteiger partial charge in [0.25, 0.3) is 0 Å². The van der Waals surface area contributed by atoms with Gasteiger partial charge in [-0.2, -0.15) is 5.10 Å². The summed E-state index contributed by atoms with van der Waals surface area (Å²) in [5.74, 6) is -0.0562. The monoisotopic (exact) mass is 292 g/mol. The Bertz CT molecular complexity index is 845. The van der Waals surface area contributed by atoms with Gasteiger partial charge in [-0.1, -0.05) is 48.0 Å². The van der Waals surface area contributed by atoms with E-state index in [2.05, 4.69) is 10.5 Å². The summed E-state index contributed by atoms with van der Waals surface area (Å²) in [6.45, 7) is 3.89. The maximum atomic E-state index is 12.2. The van der Waals surface area contributed by atoms with E-state index >= 15 is 0 Å². The average Bonchev–Trinajstić information content (AvgIpc) is 2.87. The number of furan rings is 1. The molecule has 4 nitrogen and oxygen atoms in total. The third kappa shape index (κ3) is 2.76. The van der Waals surface area contributed by atoms with Crippen molar-refractivity contribution >= 4 is 23.1 Å². The van der Waals surface area contributed by atoms with Crippen LogP contribution in [0.5, 0.6) is 0 Å². The predicted molar refractivity (Wildman–Crippen MR) is 87.2 cm³/mol. The first-order valence-corrected chi connectivity index (χ1v) is 7.03. The summed E-state index contributed by atoms with van der Waals surface area (Å²) in [6.07, 6.45) is 1.61. The summed E-state index contributed by atoms with van der Waals surface area (Å²) < 4.78 is 5.59. The molecule has 0 aliphatic rings. The van der Waals surface area contributed by atoms with Crippen molar-refractivity contribution in [2.45, 2.75) is 13.8 Å². The highest BCUT2D eigenvalue weighted by Crippen LogP contribution is 2.24. The van der Waals surface area contributed by atoms with Crippen LogP contribution in [0.3, 0.4) is 0 Å². The zero-order valence-electron chi connectivity index (χ0n) is 12.5. The molecule has 0 saturated heterocycles. The lowest BCUT2D eigenvalue weighted by Gasteiger charge is -1.98. The lowest BCUT2D eigenvalue weighted by Crippen LogP contribution is -2.17. The molecule has 0 spiro atoms. The number of nitrogens with one attached hydrogen (secondary N) is 1. The molecule has 2 aromatic carbocycles. The second-order valence-corrected chi connectivity index (χ2v) is 5.16. The van der Waals surface area contributed by atoms with Gasteiger partial charge in [0, 0.05) is 10.9 Å². The van der Waals surface area contributed by atoms with E-state index in [0.717, 1.165) is 16.5 Å². The molecule has 0 fully saturated rings. The molecule has 0 saturated carbocycles. The molecule has 4 heteroatoms. The molecule has 1 amide bonds. The zero-order valence-corrected chi connectivity index (χ0v) is 12.5. The topological polar surface area (TPSA) is 54.6 Å². The molecule has 1 N–H and O–H groups in total. The number of rotatable bonds is 3. The predicted octanol–water partition coefficient (Wildman–Crippen LogP) is 3.81. The molecule has 1 aromatic heterocycles. The van der Waals surface area contributed by atoms with Gasteiger partial charge < -0.3 is 4.42 Å². The molecule has 0 unspecified atom stereocenters. The van der Waals surface area contributed by atoms with Gasteiger partial charge in [0.15, 0.2) is 5.76 Å². The molecular weight excluding hydrogens is 276 g/mol. The van der Waals surface area contributed by atoms with Crippen molar-refractivity contribution < 1.29 is 9.21 Å². The van der Waals surface area contributed by atoms with Crippen molar-refractivity contribution in [3.05, 3.63) is 71.0 Å². The molecule has 0 radical (unpaired) electrons. The third-order valence-electron chi connectivity index (χ3n) is 3.51. The number of hydrazone groups is 1. The Balaban J connectivity index is 1.76. The van der Waals surface area contributed by atoms with Gasteiger partial charge in [-0.05, 0) is 25.5 Å². The standard InChI is InChI=1S/C18H16N2O2/c1-12-7-9-14(10-8-12)11-19-20-18(21)17-13(2)15-5-3-4-6-16(15)22-17/h3-11H,1-2H3,(H,20,21)/b19-11-. The minimum Gasteiger partial charge on any atom is -0.451 e. The van der Waals surface area contributed by atoms with E-state index in [1.807, 2.05) is 62.4 Å². The Morgan fingerprint density at radius 3 is 2.55 bits per heavy atom. The summed E-state index contributed by atoms with van der Waals surface area (Å²) in [4.78, 5) is 12.2. The van der Waals surface area contributed by atoms with E-state index in [1.54, 1.807) is 6.21 Å². The highest BCUT2D eigenvalue weighted by molar-refractivity contribution is 5.99. The summed E-state index contributed by atoms with van der Waals surface area (Å²) >= 11 is 0. The molecule has 1 heterocycles. The number of hydrogen-bond donors (Lipinski definition) is 1. The van der Waals surface area contributed by atoms with Crippen LogP contribution in [0.25, 0.3) is 11.0 Å². The van der Waals surface area contributed by atoms with E-state index < -0.39 is 0 Å². The Kier molecular flexibility index (Phi) is 3.74. The normalized spacial score (nSPS) is 11.2. The first-order valence-electron chi connectivity index (χ1n) is 7.03. The van der Waals surface area contributed by atoms with Gasteiger partial charge in [-0.25, -0.2) is 5.43 Å². The lowest BCUT2D eigenvalue weighted by atomic mass is 10.1. The lowest BCUT2D eigenvalue weighted by molar-refractivity contribution is 0.0929. The van der Waals surface area contributed by atoms with Crippen LogP contribution >= 0.6 is 0 Å². The number of fused-ring (bicyclic) bond motifs is 1. The molecule has 22 heavy (non-hydrogen) atoms. The van der Waals surface area contributed by atoms with Crippen molar-refractivity contribution in [3.63, 3.8) is 0 Å². The van der Waals surface area contributed by atoms with Crippen molar-refractivity contribution in [2.24, 2.45) is 5.10 Å². The van der Waals surface area contributed by atoms with Crippen LogP contribution in [0, 0.1) is 13.8 Å². The fraction of sp³-hybridized carbons (Fsp3) is 0.111. The number of carbonyl (C=O) groups is 1. The van der Waals surface area contributed by atoms with Crippen molar-refractivity contribution in [2.75, 3.05) is 0 Å². The van der Waals surface area contributed by atoms with Crippen molar-refractivity contribution in [3.8, 4) is 0 Å². The number of hydrogen-bond acceptors (Lipinski definition) is 3. The zero-order chi connectivity index (χ0) is 15.5. The molecule has 0 aliphatic carbocycles. The molecule has 110 valence electrons. The fourth-order valence-electron chi connectivity index (χ4n) is 2.26. The van der Waals surface area contributed by atoms with Gasteiger partial charge in [0.05, 0.1) is 6.21 Å². The summed E-state index contributed by atoms with van der Waals surface area (Å²) in [5.41, 5.74) is 6.12. The summed E-state index contributed by atoms with van der Waals surface area (Å²) in [5, 5.41) is 4.91. The van der Waals surface area contributed by atoms with Crippen LogP contribution in [-0.2, 0) is 0 Å². The van der Waals surface area contributed by atoms with Crippen molar-refractivity contribution in [1.29, 1.82) is 0 Å². The van der Waals surface area contributed by atoms with Crippen LogP contribution < -0.4 is 5.43 Å². The maximum Gasteiger partial charge on any atom is 0.307 e. The summed E-state index contributed by atoms with van der Waals surface area (Å²) in [7, 11) is 0. The molecule has 0 aliphatic heterocycles. The average molecular weight is 292 g/mol. The van der Waals surface area contributed by atoms with Crippen LogP contribution in [0.2, 0.25) is 0 Å². The largest absolute Gasteiger partial charge is 0.451 e. The Morgan fingerprint density at radius 1 is 1.09 bits per heavy atom. The summed E-state index contributed by atoms with van der Waals surface area (Å²) in [6, 6.07) is 15.4. The van der Waals surface area contributed by atoms with Gasteiger partial charge in [-0.15, -0.1) is 0 Å². The molecule has 0 atom stereocenters. The highest BCUT2D eigenvalue weighted by atomic mass is 16.3. The first-order chi connectivity index (χ1) is 10.6. The second kappa shape index (κ2) is 5.85. The van der Waals surface area contributed by atoms with Crippen LogP contribution in [0.15, 0.2) is 58.0 Å². The maximum absolute atomic E-state index is 12.2. The quantitative estimate of drug-likeness (QED) is 0.589. The van der Waals surface area contributed by atoms with Gasteiger partial charge in [0.2, 0.25) is 0 Å². The molecule has 3 rings (SSSR count). The third-order valence-corrected chi connectivity index (χ3v) is 3.51. The van der Waals surface area contributed by atoms with Crippen LogP contribution in [0.1, 0.15) is 27.2 Å². The molecule has 0 bridgehead atoms. The number of para-hydroxylation sites is 1. The van der Waals surface area contributed by atoms with Crippen LogP contribution in [0.4, 0.5) is 0 Å². The van der Waals surface area contributed by atoms with E-state index in [9.17, 15) is 4.79 Å². The molecular formula is C18H16N2O2. The van der Waals surface area contributed by atoms with E-state index in [-0.39, 0.29) is 5.91 Å². The van der Waals surface area contributed by atoms with Gasteiger partial charge >= 0.3 is 5.91 Å². The SMILES string of the molecule is Cc1ccc(/C=N\NC(=O)c2oc3ccccc3c2C)cc1. The Labute approximate surface area is 128 Å². The number of aryl methyl sites for hydroxylation is 2.